The summed E-state index contributed by atoms with van der Waals surface area (Å²) in [6.07, 6.45) is 1.03. The minimum absolute atomic E-state index is 0.116. The third-order valence-electron chi connectivity index (χ3n) is 3.45. The van der Waals surface area contributed by atoms with Gasteiger partial charge in [-0.25, -0.2) is 0 Å². The highest BCUT2D eigenvalue weighted by atomic mass is 16.5. The lowest BCUT2D eigenvalue weighted by Gasteiger charge is -2.26. The molecule has 0 aliphatic carbocycles. The van der Waals surface area contributed by atoms with Crippen molar-refractivity contribution in [1.82, 2.24) is 4.90 Å². The summed E-state index contributed by atoms with van der Waals surface area (Å²) in [4.78, 5) is 2.41. The molecule has 1 heterocycles. The second-order valence-corrected chi connectivity index (χ2v) is 4.54. The van der Waals surface area contributed by atoms with Crippen molar-refractivity contribution in [3.8, 4) is 0 Å². The summed E-state index contributed by atoms with van der Waals surface area (Å²) in [6.45, 7) is 3.61. The first-order chi connectivity index (χ1) is 7.78. The van der Waals surface area contributed by atoms with E-state index in [9.17, 15) is 0 Å². The zero-order valence-corrected chi connectivity index (χ0v) is 9.86. The molecular formula is C13H20N2O. The van der Waals surface area contributed by atoms with E-state index in [1.807, 2.05) is 6.07 Å². The van der Waals surface area contributed by atoms with Gasteiger partial charge in [0.15, 0.2) is 0 Å². The van der Waals surface area contributed by atoms with E-state index in [1.54, 1.807) is 7.11 Å². The highest BCUT2D eigenvalue weighted by molar-refractivity contribution is 5.15. The third kappa shape index (κ3) is 2.43. The highest BCUT2D eigenvalue weighted by Crippen LogP contribution is 2.24. The van der Waals surface area contributed by atoms with Crippen LogP contribution in [0, 0.1) is 0 Å². The largest absolute Gasteiger partial charge is 0.376 e. The van der Waals surface area contributed by atoms with Crippen LogP contribution in [0.2, 0.25) is 0 Å². The molecule has 0 saturated carbocycles. The fourth-order valence-corrected chi connectivity index (χ4v) is 2.32. The number of nitrogens with two attached hydrogens (primary N) is 1. The number of hydrogen-bond acceptors (Lipinski definition) is 3. The van der Waals surface area contributed by atoms with E-state index in [0.717, 1.165) is 26.1 Å². The molecule has 2 rings (SSSR count). The summed E-state index contributed by atoms with van der Waals surface area (Å²) in [7, 11) is 1.76. The van der Waals surface area contributed by atoms with Crippen LogP contribution in [0.1, 0.15) is 12.0 Å². The molecule has 1 aliphatic rings. The molecule has 1 fully saturated rings. The minimum Gasteiger partial charge on any atom is -0.376 e. The Morgan fingerprint density at radius 2 is 2.12 bits per heavy atom. The maximum atomic E-state index is 5.78. The average molecular weight is 220 g/mol. The zero-order chi connectivity index (χ0) is 11.4. The van der Waals surface area contributed by atoms with Crippen molar-refractivity contribution < 1.29 is 4.74 Å². The third-order valence-corrected chi connectivity index (χ3v) is 3.45. The summed E-state index contributed by atoms with van der Waals surface area (Å²) in [5.41, 5.74) is 7.02. The van der Waals surface area contributed by atoms with Crippen molar-refractivity contribution in [2.75, 3.05) is 26.7 Å². The molecular weight excluding hydrogens is 200 g/mol. The Bertz CT molecular complexity index is 322. The average Bonchev–Trinajstić information content (AvgIpc) is 2.75. The van der Waals surface area contributed by atoms with E-state index in [2.05, 4.69) is 29.2 Å². The first-order valence-corrected chi connectivity index (χ1v) is 5.79. The predicted octanol–water partition coefficient (Wildman–Crippen LogP) is 1.24. The first kappa shape index (κ1) is 11.6. The van der Waals surface area contributed by atoms with Crippen LogP contribution in [0.5, 0.6) is 0 Å². The van der Waals surface area contributed by atoms with Gasteiger partial charge in [-0.2, -0.15) is 0 Å². The molecule has 0 radical (unpaired) electrons. The molecule has 1 aromatic rings. The lowest BCUT2D eigenvalue weighted by Crippen LogP contribution is -2.42. The quantitative estimate of drug-likeness (QED) is 0.829. The highest BCUT2D eigenvalue weighted by Gasteiger charge is 2.36. The number of ether oxygens (including phenoxy) is 1. The molecule has 3 heteroatoms. The van der Waals surface area contributed by atoms with Crippen molar-refractivity contribution in [1.29, 1.82) is 0 Å². The Morgan fingerprint density at radius 3 is 2.69 bits per heavy atom. The number of hydrogen-bond donors (Lipinski definition) is 1. The van der Waals surface area contributed by atoms with Crippen LogP contribution in [0.3, 0.4) is 0 Å². The van der Waals surface area contributed by atoms with Crippen LogP contribution in [0.15, 0.2) is 30.3 Å². The van der Waals surface area contributed by atoms with Gasteiger partial charge < -0.3 is 10.5 Å². The molecule has 1 aromatic carbocycles. The summed E-state index contributed by atoms with van der Waals surface area (Å²) in [6, 6.07) is 10.5. The monoisotopic (exact) mass is 220 g/mol. The molecule has 88 valence electrons. The number of likely N-dealkylation sites (tertiary alicyclic amines) is 1. The van der Waals surface area contributed by atoms with E-state index < -0.39 is 0 Å². The molecule has 16 heavy (non-hydrogen) atoms. The summed E-state index contributed by atoms with van der Waals surface area (Å²) >= 11 is 0. The van der Waals surface area contributed by atoms with Crippen molar-refractivity contribution in [2.24, 2.45) is 5.73 Å². The van der Waals surface area contributed by atoms with Crippen molar-refractivity contribution >= 4 is 0 Å². The van der Waals surface area contributed by atoms with E-state index in [-0.39, 0.29) is 5.60 Å². The molecule has 0 amide bonds. The first-order valence-electron chi connectivity index (χ1n) is 5.79. The molecule has 3 nitrogen and oxygen atoms in total. The van der Waals surface area contributed by atoms with E-state index in [1.165, 1.54) is 5.56 Å². The Balaban J connectivity index is 1.95. The standard InChI is InChI=1S/C13H20N2O/c1-16-13(10-14)7-8-15(11-13)9-12-5-3-2-4-6-12/h2-6H,7-11,14H2,1H3. The fraction of sp³-hybridized carbons (Fsp3) is 0.538. The Kier molecular flexibility index (Phi) is 3.59. The van der Waals surface area contributed by atoms with Gasteiger partial charge in [0.2, 0.25) is 0 Å². The summed E-state index contributed by atoms with van der Waals surface area (Å²) < 4.78 is 5.55. The maximum Gasteiger partial charge on any atom is 0.0938 e. The molecule has 1 aliphatic heterocycles. The van der Waals surface area contributed by atoms with Crippen molar-refractivity contribution in [3.05, 3.63) is 35.9 Å². The Morgan fingerprint density at radius 1 is 1.38 bits per heavy atom. The van der Waals surface area contributed by atoms with Gasteiger partial charge in [-0.15, -0.1) is 0 Å². The van der Waals surface area contributed by atoms with Gasteiger partial charge in [-0.1, -0.05) is 30.3 Å². The van der Waals surface area contributed by atoms with Crippen LogP contribution >= 0.6 is 0 Å². The minimum atomic E-state index is -0.116. The molecule has 0 spiro atoms. The van der Waals surface area contributed by atoms with Gasteiger partial charge >= 0.3 is 0 Å². The predicted molar refractivity (Wildman–Crippen MR) is 65.1 cm³/mol. The second kappa shape index (κ2) is 4.95. The van der Waals surface area contributed by atoms with E-state index in [0.29, 0.717) is 6.54 Å². The molecule has 1 saturated heterocycles. The van der Waals surface area contributed by atoms with Crippen molar-refractivity contribution in [2.45, 2.75) is 18.6 Å². The van der Waals surface area contributed by atoms with Gasteiger partial charge in [-0.3, -0.25) is 4.90 Å². The zero-order valence-electron chi connectivity index (χ0n) is 9.86. The molecule has 1 unspecified atom stereocenters. The lowest BCUT2D eigenvalue weighted by atomic mass is 10.0. The van der Waals surface area contributed by atoms with Crippen LogP contribution < -0.4 is 5.73 Å². The van der Waals surface area contributed by atoms with E-state index >= 15 is 0 Å². The van der Waals surface area contributed by atoms with Gasteiger partial charge in [-0.05, 0) is 12.0 Å². The SMILES string of the molecule is COC1(CN)CCN(Cc2ccccc2)C1. The van der Waals surface area contributed by atoms with E-state index in [4.69, 9.17) is 10.5 Å². The Labute approximate surface area is 97.2 Å². The van der Waals surface area contributed by atoms with Crippen LogP contribution in [-0.2, 0) is 11.3 Å². The maximum absolute atomic E-state index is 5.78. The molecule has 0 aromatic heterocycles. The summed E-state index contributed by atoms with van der Waals surface area (Å²) in [5, 5.41) is 0. The van der Waals surface area contributed by atoms with Crippen LogP contribution in [0.25, 0.3) is 0 Å². The van der Waals surface area contributed by atoms with Crippen LogP contribution in [-0.4, -0.2) is 37.2 Å². The number of nitrogens with zero attached hydrogens (tertiary/aromatic N) is 1. The summed E-state index contributed by atoms with van der Waals surface area (Å²) in [5.74, 6) is 0. The number of rotatable bonds is 4. The second-order valence-electron chi connectivity index (χ2n) is 4.54. The molecule has 0 bridgehead atoms. The van der Waals surface area contributed by atoms with Gasteiger partial charge in [0.1, 0.15) is 0 Å². The van der Waals surface area contributed by atoms with Crippen LogP contribution in [0.4, 0.5) is 0 Å². The fourth-order valence-electron chi connectivity index (χ4n) is 2.32. The molecule has 1 atom stereocenters. The molecule has 2 N–H and O–H groups in total. The van der Waals surface area contributed by atoms with Gasteiger partial charge in [0, 0.05) is 33.3 Å². The lowest BCUT2D eigenvalue weighted by molar-refractivity contribution is 0.00574. The Hall–Kier alpha value is -0.900. The normalized spacial score (nSPS) is 26.1. The number of benzene rings is 1. The van der Waals surface area contributed by atoms with Gasteiger partial charge in [0.05, 0.1) is 5.60 Å². The smallest absolute Gasteiger partial charge is 0.0938 e. The van der Waals surface area contributed by atoms with Gasteiger partial charge in [0.25, 0.3) is 0 Å². The topological polar surface area (TPSA) is 38.5 Å². The number of methoxy groups -OCH3 is 1. The van der Waals surface area contributed by atoms with Crippen molar-refractivity contribution in [3.63, 3.8) is 0 Å².